The molecule has 0 aromatic heterocycles. The SMILES string of the molecule is CC(=O)O[C@H]1C[C@H]([C@H](C)CCC(O)C(C)C)[C@@]2(C)CC[C@@H]3[C@@]4(C)CC[C@H](O)[C@H](O)[C@@H]4[C@H](O)C[C@@]3(O)[C@H]12. The van der Waals surface area contributed by atoms with Gasteiger partial charge in [-0.3, -0.25) is 4.79 Å². The van der Waals surface area contributed by atoms with Gasteiger partial charge in [0.1, 0.15) is 6.10 Å². The first-order valence-electron chi connectivity index (χ1n) is 14.3. The molecule has 4 aliphatic rings. The van der Waals surface area contributed by atoms with Gasteiger partial charge in [0.05, 0.1) is 30.0 Å². The molecule has 208 valence electrons. The maximum absolute atomic E-state index is 12.6. The van der Waals surface area contributed by atoms with Crippen molar-refractivity contribution in [3.05, 3.63) is 0 Å². The van der Waals surface area contributed by atoms with Gasteiger partial charge in [0.2, 0.25) is 0 Å². The lowest BCUT2D eigenvalue weighted by atomic mass is 9.41. The molecule has 13 atom stereocenters. The predicted octanol–water partition coefficient (Wildman–Crippen LogP) is 3.04. The van der Waals surface area contributed by atoms with Crippen molar-refractivity contribution in [2.45, 2.75) is 129 Å². The molecule has 5 N–H and O–H groups in total. The van der Waals surface area contributed by atoms with E-state index in [1.54, 1.807) is 0 Å². The first-order valence-corrected chi connectivity index (χ1v) is 14.3. The monoisotopic (exact) mass is 510 g/mol. The summed E-state index contributed by atoms with van der Waals surface area (Å²) in [6.07, 6.45) is 1.52. The van der Waals surface area contributed by atoms with Gasteiger partial charge in [-0.05, 0) is 79.4 Å². The van der Waals surface area contributed by atoms with E-state index in [4.69, 9.17) is 4.74 Å². The minimum Gasteiger partial charge on any atom is -0.462 e. The van der Waals surface area contributed by atoms with Crippen LogP contribution in [0.5, 0.6) is 0 Å². The summed E-state index contributed by atoms with van der Waals surface area (Å²) in [4.78, 5) is 12.2. The van der Waals surface area contributed by atoms with Crippen LogP contribution in [0.4, 0.5) is 0 Å². The molecular formula is C29H50O7. The minimum atomic E-state index is -1.23. The van der Waals surface area contributed by atoms with Crippen LogP contribution in [0, 0.1) is 46.3 Å². The largest absolute Gasteiger partial charge is 0.462 e. The Balaban J connectivity index is 1.68. The molecule has 0 aromatic rings. The van der Waals surface area contributed by atoms with Crippen LogP contribution < -0.4 is 0 Å². The molecule has 0 bridgehead atoms. The summed E-state index contributed by atoms with van der Waals surface area (Å²) in [6.45, 7) is 12.0. The van der Waals surface area contributed by atoms with Crippen LogP contribution in [0.15, 0.2) is 0 Å². The van der Waals surface area contributed by atoms with Gasteiger partial charge < -0.3 is 30.3 Å². The zero-order valence-corrected chi connectivity index (χ0v) is 23.1. The van der Waals surface area contributed by atoms with Crippen LogP contribution in [0.25, 0.3) is 0 Å². The van der Waals surface area contributed by atoms with Crippen LogP contribution in [0.1, 0.15) is 92.9 Å². The summed E-state index contributed by atoms with van der Waals surface area (Å²) in [5.74, 6) is -0.603. The van der Waals surface area contributed by atoms with E-state index in [2.05, 4.69) is 20.8 Å². The van der Waals surface area contributed by atoms with Crippen LogP contribution in [-0.4, -0.2) is 67.6 Å². The molecule has 4 rings (SSSR count). The Bertz CT molecular complexity index is 817. The molecule has 0 radical (unpaired) electrons. The van der Waals surface area contributed by atoms with Gasteiger partial charge >= 0.3 is 5.97 Å². The van der Waals surface area contributed by atoms with Crippen molar-refractivity contribution in [1.82, 2.24) is 0 Å². The van der Waals surface area contributed by atoms with Gasteiger partial charge in [0.25, 0.3) is 0 Å². The Labute approximate surface area is 216 Å². The Morgan fingerprint density at radius 1 is 1.00 bits per heavy atom. The summed E-state index contributed by atoms with van der Waals surface area (Å²) < 4.78 is 5.93. The molecule has 7 heteroatoms. The summed E-state index contributed by atoms with van der Waals surface area (Å²) in [6, 6.07) is 0. The van der Waals surface area contributed by atoms with Gasteiger partial charge in [-0.2, -0.15) is 0 Å². The molecule has 4 fully saturated rings. The highest BCUT2D eigenvalue weighted by Crippen LogP contribution is 2.70. The molecule has 4 saturated carbocycles. The number of ether oxygens (including phenoxy) is 1. The Morgan fingerprint density at radius 3 is 2.25 bits per heavy atom. The molecule has 4 aliphatic carbocycles. The van der Waals surface area contributed by atoms with E-state index < -0.39 is 41.3 Å². The number of aliphatic hydroxyl groups excluding tert-OH is 4. The molecule has 0 saturated heterocycles. The van der Waals surface area contributed by atoms with Gasteiger partial charge in [-0.1, -0.05) is 34.6 Å². The molecule has 7 nitrogen and oxygen atoms in total. The van der Waals surface area contributed by atoms with Crippen LogP contribution >= 0.6 is 0 Å². The standard InChI is InChI=1S/C29H50O7/c1-15(2)19(31)8-7-16(3)18-13-22(36-17(4)30)26-27(18,5)12-10-23-28(6)11-9-20(32)25(34)24(28)21(33)14-29(23,26)35/h15-16,18-26,31-35H,7-14H2,1-6H3/t16-,18-,19?,20+,21-,22+,23-,24+,25+,26-,27-,28-,29+/m1/s1. The van der Waals surface area contributed by atoms with Gasteiger partial charge in [0.15, 0.2) is 0 Å². The summed E-state index contributed by atoms with van der Waals surface area (Å²) >= 11 is 0. The molecule has 0 aliphatic heterocycles. The fraction of sp³-hybridized carbons (Fsp3) is 0.966. The highest BCUT2D eigenvalue weighted by molar-refractivity contribution is 5.66. The molecule has 1 unspecified atom stereocenters. The maximum Gasteiger partial charge on any atom is 0.302 e. The van der Waals surface area contributed by atoms with E-state index in [0.29, 0.717) is 19.3 Å². The van der Waals surface area contributed by atoms with Crippen molar-refractivity contribution in [1.29, 1.82) is 0 Å². The second-order valence-electron chi connectivity index (χ2n) is 13.8. The van der Waals surface area contributed by atoms with Crippen LogP contribution in [0.3, 0.4) is 0 Å². The van der Waals surface area contributed by atoms with Crippen LogP contribution in [-0.2, 0) is 9.53 Å². The average molecular weight is 511 g/mol. The number of esters is 1. The lowest BCUT2D eigenvalue weighted by Crippen LogP contribution is -2.71. The quantitative estimate of drug-likeness (QED) is 0.348. The normalized spacial score (nSPS) is 50.1. The zero-order chi connectivity index (χ0) is 26.8. The second kappa shape index (κ2) is 9.78. The molecular weight excluding hydrogens is 460 g/mol. The summed E-state index contributed by atoms with van der Waals surface area (Å²) in [7, 11) is 0. The van der Waals surface area contributed by atoms with E-state index in [-0.39, 0.29) is 53.5 Å². The molecule has 36 heavy (non-hydrogen) atoms. The van der Waals surface area contributed by atoms with E-state index in [1.807, 2.05) is 13.8 Å². The molecule has 0 heterocycles. The summed E-state index contributed by atoms with van der Waals surface area (Å²) in [5.41, 5.74) is -2.02. The predicted molar refractivity (Wildman–Crippen MR) is 136 cm³/mol. The van der Waals surface area contributed by atoms with Crippen molar-refractivity contribution >= 4 is 5.97 Å². The zero-order valence-electron chi connectivity index (χ0n) is 23.1. The van der Waals surface area contributed by atoms with Crippen molar-refractivity contribution in [3.8, 4) is 0 Å². The summed E-state index contributed by atoms with van der Waals surface area (Å²) in [5, 5.41) is 55.6. The number of hydrogen-bond acceptors (Lipinski definition) is 7. The molecule has 0 amide bonds. The first-order chi connectivity index (χ1) is 16.7. The lowest BCUT2D eigenvalue weighted by molar-refractivity contribution is -0.281. The highest BCUT2D eigenvalue weighted by atomic mass is 16.5. The van der Waals surface area contributed by atoms with Crippen molar-refractivity contribution in [2.24, 2.45) is 46.3 Å². The Hall–Kier alpha value is -0.730. The van der Waals surface area contributed by atoms with E-state index >= 15 is 0 Å². The maximum atomic E-state index is 12.6. The number of hydrogen-bond donors (Lipinski definition) is 5. The van der Waals surface area contributed by atoms with Crippen LogP contribution in [0.2, 0.25) is 0 Å². The average Bonchev–Trinajstić information content (AvgIpc) is 3.06. The topological polar surface area (TPSA) is 127 Å². The van der Waals surface area contributed by atoms with Crippen molar-refractivity contribution < 1.29 is 35.1 Å². The van der Waals surface area contributed by atoms with Crippen molar-refractivity contribution in [2.75, 3.05) is 0 Å². The fourth-order valence-corrected chi connectivity index (χ4v) is 9.78. The van der Waals surface area contributed by atoms with E-state index in [9.17, 15) is 30.3 Å². The number of carbonyl (C=O) groups is 1. The fourth-order valence-electron chi connectivity index (χ4n) is 9.78. The smallest absolute Gasteiger partial charge is 0.302 e. The van der Waals surface area contributed by atoms with E-state index in [0.717, 1.165) is 25.7 Å². The lowest BCUT2D eigenvalue weighted by Gasteiger charge is -2.66. The van der Waals surface area contributed by atoms with Gasteiger partial charge in [0, 0.05) is 25.2 Å². The Kier molecular flexibility index (Phi) is 7.69. The molecule has 0 aromatic carbocycles. The number of rotatable bonds is 6. The molecule has 0 spiro atoms. The number of aliphatic hydroxyl groups is 5. The van der Waals surface area contributed by atoms with Gasteiger partial charge in [-0.15, -0.1) is 0 Å². The third-order valence-corrected chi connectivity index (χ3v) is 11.5. The van der Waals surface area contributed by atoms with Gasteiger partial charge in [-0.25, -0.2) is 0 Å². The van der Waals surface area contributed by atoms with E-state index in [1.165, 1.54) is 6.92 Å². The Morgan fingerprint density at radius 2 is 1.64 bits per heavy atom. The number of carbonyl (C=O) groups excluding carboxylic acids is 1. The first kappa shape index (κ1) is 28.3. The van der Waals surface area contributed by atoms with Crippen molar-refractivity contribution in [3.63, 3.8) is 0 Å². The third-order valence-electron chi connectivity index (χ3n) is 11.5. The third kappa shape index (κ3) is 4.35. The minimum absolute atomic E-state index is 0.118. The highest BCUT2D eigenvalue weighted by Gasteiger charge is 2.72. The second-order valence-corrected chi connectivity index (χ2v) is 13.8. The number of fused-ring (bicyclic) bond motifs is 5.